The van der Waals surface area contributed by atoms with Gasteiger partial charge in [-0.25, -0.2) is 4.79 Å². The molecule has 0 atom stereocenters. The topological polar surface area (TPSA) is 122 Å². The number of carbonyl (C=O) groups excluding carboxylic acids is 1. The van der Waals surface area contributed by atoms with E-state index in [1.807, 2.05) is 20.8 Å². The van der Waals surface area contributed by atoms with E-state index in [0.29, 0.717) is 132 Å². The molecule has 0 spiro atoms. The van der Waals surface area contributed by atoms with Crippen LogP contribution in [0.1, 0.15) is 41.5 Å². The molecule has 0 aliphatic heterocycles. The molecule has 0 unspecified atom stereocenters. The van der Waals surface area contributed by atoms with Crippen molar-refractivity contribution in [1.29, 1.82) is 0 Å². The lowest BCUT2D eigenvalue weighted by molar-refractivity contribution is -0.0257. The third-order valence-electron chi connectivity index (χ3n) is 8.22. The number of hydrogen-bond donors (Lipinski definition) is 0. The predicted octanol–water partition coefficient (Wildman–Crippen LogP) is 4.58. The molecule has 1 amide bonds. The molecular formula is C42H71NO12Si. The Balaban J connectivity index is 1.31. The van der Waals surface area contributed by atoms with E-state index in [9.17, 15) is 4.79 Å². The Labute approximate surface area is 337 Å². The molecule has 0 radical (unpaired) electrons. The summed E-state index contributed by atoms with van der Waals surface area (Å²) in [6.45, 7) is 22.0. The van der Waals surface area contributed by atoms with Crippen molar-refractivity contribution in [3.8, 4) is 0 Å². The van der Waals surface area contributed by atoms with Crippen LogP contribution < -0.4 is 10.4 Å². The van der Waals surface area contributed by atoms with Crippen LogP contribution in [0.3, 0.4) is 0 Å². The summed E-state index contributed by atoms with van der Waals surface area (Å²) in [4.78, 5) is 13.4. The SMILES string of the molecule is CN(CCOCCOCCOCCOCCOCCOCCOCCOCCOCCO[Si](c1ccccc1)(c1ccccc1)C(C)(C)C)C(=O)OC(C)(C)C. The fraction of sp³-hybridized carbons (Fsp3) is 0.690. The van der Waals surface area contributed by atoms with E-state index in [1.54, 1.807) is 7.05 Å². The van der Waals surface area contributed by atoms with Gasteiger partial charge in [0.05, 0.1) is 126 Å². The first-order valence-corrected chi connectivity index (χ1v) is 21.8. The molecule has 2 aromatic rings. The smallest absolute Gasteiger partial charge is 0.410 e. The molecule has 320 valence electrons. The first-order valence-electron chi connectivity index (χ1n) is 19.9. The van der Waals surface area contributed by atoms with Gasteiger partial charge in [-0.15, -0.1) is 0 Å². The number of benzene rings is 2. The molecule has 0 heterocycles. The molecule has 0 saturated carbocycles. The lowest BCUT2D eigenvalue weighted by Crippen LogP contribution is -2.66. The Morgan fingerprint density at radius 3 is 1.04 bits per heavy atom. The fourth-order valence-corrected chi connectivity index (χ4v) is 10.1. The Bertz CT molecular complexity index is 1190. The highest BCUT2D eigenvalue weighted by atomic mass is 28.4. The Kier molecular flexibility index (Phi) is 26.3. The van der Waals surface area contributed by atoms with Gasteiger partial charge in [-0.05, 0) is 36.2 Å². The van der Waals surface area contributed by atoms with Crippen LogP contribution in [0.5, 0.6) is 0 Å². The van der Waals surface area contributed by atoms with Crippen molar-refractivity contribution in [3.05, 3.63) is 60.7 Å². The van der Waals surface area contributed by atoms with Gasteiger partial charge in [0.25, 0.3) is 8.32 Å². The second-order valence-corrected chi connectivity index (χ2v) is 19.2. The summed E-state index contributed by atoms with van der Waals surface area (Å²) >= 11 is 0. The van der Waals surface area contributed by atoms with Gasteiger partial charge >= 0.3 is 6.09 Å². The van der Waals surface area contributed by atoms with E-state index in [4.69, 9.17) is 51.8 Å². The van der Waals surface area contributed by atoms with Crippen LogP contribution in [0.25, 0.3) is 0 Å². The molecule has 14 heteroatoms. The van der Waals surface area contributed by atoms with Crippen LogP contribution in [0.4, 0.5) is 4.79 Å². The van der Waals surface area contributed by atoms with E-state index < -0.39 is 13.9 Å². The maximum absolute atomic E-state index is 11.9. The van der Waals surface area contributed by atoms with Crippen LogP contribution in [0, 0.1) is 0 Å². The molecule has 0 aliphatic carbocycles. The zero-order valence-electron chi connectivity index (χ0n) is 35.3. The van der Waals surface area contributed by atoms with Gasteiger partial charge in [0.1, 0.15) is 5.60 Å². The standard InChI is InChI=1S/C42H71NO12Si/c1-41(2,3)55-40(44)43(7)18-19-45-20-21-46-22-23-47-24-25-48-26-27-49-28-29-50-30-31-51-32-33-52-34-35-53-36-37-54-56(42(4,5)6,38-14-10-8-11-15-38)39-16-12-9-13-17-39/h8-17H,18-37H2,1-7H3. The summed E-state index contributed by atoms with van der Waals surface area (Å²) in [6, 6.07) is 21.3. The summed E-state index contributed by atoms with van der Waals surface area (Å²) in [5.41, 5.74) is -0.512. The average molecular weight is 810 g/mol. The molecule has 0 saturated heterocycles. The zero-order chi connectivity index (χ0) is 40.8. The van der Waals surface area contributed by atoms with Crippen molar-refractivity contribution in [3.63, 3.8) is 0 Å². The molecule has 13 nitrogen and oxygen atoms in total. The van der Waals surface area contributed by atoms with Crippen molar-refractivity contribution in [1.82, 2.24) is 4.90 Å². The lowest BCUT2D eigenvalue weighted by atomic mass is 10.2. The third-order valence-corrected chi connectivity index (χ3v) is 13.3. The summed E-state index contributed by atoms with van der Waals surface area (Å²) < 4.78 is 62.3. The normalized spacial score (nSPS) is 12.3. The molecule has 56 heavy (non-hydrogen) atoms. The first kappa shape index (κ1) is 49.7. The van der Waals surface area contributed by atoms with Crippen LogP contribution in [0.2, 0.25) is 5.04 Å². The number of carbonyl (C=O) groups is 1. The minimum absolute atomic E-state index is 0.0607. The summed E-state index contributed by atoms with van der Waals surface area (Å²) in [7, 11) is -0.860. The quantitative estimate of drug-likeness (QED) is 0.0742. The van der Waals surface area contributed by atoms with Gasteiger partial charge in [-0.3, -0.25) is 0 Å². The second kappa shape index (κ2) is 29.7. The third kappa shape index (κ3) is 21.9. The van der Waals surface area contributed by atoms with Gasteiger partial charge in [0.2, 0.25) is 0 Å². The van der Waals surface area contributed by atoms with Crippen LogP contribution in [-0.4, -0.2) is 164 Å². The van der Waals surface area contributed by atoms with Crippen molar-refractivity contribution in [2.24, 2.45) is 0 Å². The maximum Gasteiger partial charge on any atom is 0.410 e. The zero-order valence-corrected chi connectivity index (χ0v) is 36.3. The van der Waals surface area contributed by atoms with Gasteiger partial charge in [0, 0.05) is 13.6 Å². The Hall–Kier alpha value is -2.47. The number of likely N-dealkylation sites (N-methyl/N-ethyl adjacent to an activating group) is 1. The first-order chi connectivity index (χ1) is 27.0. The molecule has 0 bridgehead atoms. The highest BCUT2D eigenvalue weighted by molar-refractivity contribution is 6.99. The lowest BCUT2D eigenvalue weighted by Gasteiger charge is -2.43. The molecular weight excluding hydrogens is 739 g/mol. The Morgan fingerprint density at radius 1 is 0.464 bits per heavy atom. The second-order valence-electron chi connectivity index (χ2n) is 14.9. The molecule has 0 aromatic heterocycles. The number of hydrogen-bond acceptors (Lipinski definition) is 12. The maximum atomic E-state index is 11.9. The fourth-order valence-electron chi connectivity index (χ4n) is 5.51. The number of amides is 1. The van der Waals surface area contributed by atoms with E-state index in [1.165, 1.54) is 15.3 Å². The monoisotopic (exact) mass is 809 g/mol. The van der Waals surface area contributed by atoms with E-state index in [0.717, 1.165) is 0 Å². The van der Waals surface area contributed by atoms with Crippen LogP contribution in [-0.2, 0) is 51.8 Å². The highest BCUT2D eigenvalue weighted by Crippen LogP contribution is 2.36. The molecule has 2 rings (SSSR count). The minimum atomic E-state index is -2.54. The Morgan fingerprint density at radius 2 is 0.750 bits per heavy atom. The predicted molar refractivity (Wildman–Crippen MR) is 220 cm³/mol. The molecule has 0 N–H and O–H groups in total. The summed E-state index contributed by atoms with van der Waals surface area (Å²) in [6.07, 6.45) is -0.364. The highest BCUT2D eigenvalue weighted by Gasteiger charge is 2.50. The summed E-state index contributed by atoms with van der Waals surface area (Å²) in [5.74, 6) is 0. The van der Waals surface area contributed by atoms with E-state index in [-0.39, 0.29) is 11.1 Å². The van der Waals surface area contributed by atoms with Crippen molar-refractivity contribution in [2.75, 3.05) is 139 Å². The number of ether oxygens (including phenoxy) is 10. The van der Waals surface area contributed by atoms with Gasteiger partial charge in [-0.1, -0.05) is 81.4 Å². The van der Waals surface area contributed by atoms with E-state index >= 15 is 0 Å². The van der Waals surface area contributed by atoms with Crippen LogP contribution >= 0.6 is 0 Å². The van der Waals surface area contributed by atoms with Crippen molar-refractivity contribution >= 4 is 24.8 Å². The molecule has 0 fully saturated rings. The average Bonchev–Trinajstić information content (AvgIpc) is 3.16. The van der Waals surface area contributed by atoms with Crippen molar-refractivity contribution in [2.45, 2.75) is 52.2 Å². The summed E-state index contributed by atoms with van der Waals surface area (Å²) in [5, 5.41) is 2.47. The minimum Gasteiger partial charge on any atom is -0.444 e. The largest absolute Gasteiger partial charge is 0.444 e. The molecule has 0 aliphatic rings. The van der Waals surface area contributed by atoms with Gasteiger partial charge < -0.3 is 56.7 Å². The number of nitrogens with zero attached hydrogens (tertiary/aromatic N) is 1. The van der Waals surface area contributed by atoms with Gasteiger partial charge in [-0.2, -0.15) is 0 Å². The van der Waals surface area contributed by atoms with Crippen LogP contribution in [0.15, 0.2) is 60.7 Å². The van der Waals surface area contributed by atoms with Gasteiger partial charge in [0.15, 0.2) is 0 Å². The van der Waals surface area contributed by atoms with Crippen molar-refractivity contribution < 1.29 is 56.6 Å². The van der Waals surface area contributed by atoms with E-state index in [2.05, 4.69) is 81.4 Å². The molecule has 2 aromatic carbocycles. The number of rotatable bonds is 33.